The van der Waals surface area contributed by atoms with Crippen LogP contribution in [0.1, 0.15) is 30.5 Å². The number of hydrogen-bond acceptors (Lipinski definition) is 4. The third kappa shape index (κ3) is 2.76. The predicted octanol–water partition coefficient (Wildman–Crippen LogP) is 3.39. The van der Waals surface area contributed by atoms with Gasteiger partial charge in [-0.1, -0.05) is 6.42 Å². The van der Waals surface area contributed by atoms with E-state index in [1.165, 1.54) is 6.07 Å². The number of anilines is 1. The molecule has 21 heavy (non-hydrogen) atoms. The smallest absolute Gasteiger partial charge is 0.387 e. The Morgan fingerprint density at radius 1 is 1.19 bits per heavy atom. The molecule has 1 aliphatic rings. The zero-order chi connectivity index (χ0) is 14.8. The third-order valence-corrected chi connectivity index (χ3v) is 3.85. The minimum Gasteiger partial charge on any atom is -0.435 e. The van der Waals surface area contributed by atoms with Crippen LogP contribution >= 0.6 is 0 Å². The number of halogens is 2. The maximum absolute atomic E-state index is 12.4. The topological polar surface area (TPSA) is 60.2 Å². The van der Waals surface area contributed by atoms with E-state index in [0.29, 0.717) is 0 Å². The molecule has 6 heteroatoms. The van der Waals surface area contributed by atoms with Crippen LogP contribution in [0.2, 0.25) is 0 Å². The molecule has 0 radical (unpaired) electrons. The molecule has 1 heterocycles. The van der Waals surface area contributed by atoms with E-state index in [0.717, 1.165) is 60.0 Å². The maximum Gasteiger partial charge on any atom is 0.387 e. The minimum absolute atomic E-state index is 0.115. The number of hydrogen-bond donors (Lipinski definition) is 2. The highest BCUT2D eigenvalue weighted by Crippen LogP contribution is 2.34. The van der Waals surface area contributed by atoms with Crippen molar-refractivity contribution in [2.45, 2.75) is 38.7 Å². The molecule has 0 aliphatic heterocycles. The molecule has 1 aliphatic carbocycles. The number of nitrogens with zero attached hydrogens (tertiary/aromatic N) is 1. The summed E-state index contributed by atoms with van der Waals surface area (Å²) in [6.45, 7) is -2.84. The largest absolute Gasteiger partial charge is 0.435 e. The number of hydrazine groups is 1. The number of nitrogens with two attached hydrogens (primary N) is 1. The van der Waals surface area contributed by atoms with Crippen molar-refractivity contribution in [1.29, 1.82) is 0 Å². The van der Waals surface area contributed by atoms with Gasteiger partial charge in [0.25, 0.3) is 0 Å². The van der Waals surface area contributed by atoms with E-state index in [2.05, 4.69) is 15.1 Å². The molecule has 0 bridgehead atoms. The second kappa shape index (κ2) is 5.81. The van der Waals surface area contributed by atoms with Crippen molar-refractivity contribution in [3.63, 3.8) is 0 Å². The van der Waals surface area contributed by atoms with Gasteiger partial charge in [-0.05, 0) is 49.4 Å². The summed E-state index contributed by atoms with van der Waals surface area (Å²) in [4.78, 5) is 4.67. The van der Waals surface area contributed by atoms with Crippen LogP contribution in [0.5, 0.6) is 5.75 Å². The van der Waals surface area contributed by atoms with Gasteiger partial charge in [0.15, 0.2) is 0 Å². The summed E-state index contributed by atoms with van der Waals surface area (Å²) < 4.78 is 29.2. The summed E-state index contributed by atoms with van der Waals surface area (Å²) in [5.41, 5.74) is 6.38. The first-order chi connectivity index (χ1) is 10.2. The summed E-state index contributed by atoms with van der Waals surface area (Å²) in [5, 5.41) is 0.719. The standard InChI is InChI=1S/C15H17F2N3O/c16-15(17)21-9-6-7-13-11(8-9)14(20-18)10-4-2-1-3-5-12(10)19-13/h6-8,15H,1-5,18H2,(H,19,20). The first-order valence-electron chi connectivity index (χ1n) is 7.06. The first-order valence-corrected chi connectivity index (χ1v) is 7.06. The van der Waals surface area contributed by atoms with E-state index in [1.807, 2.05) is 0 Å². The molecule has 0 unspecified atom stereocenters. The Hall–Kier alpha value is -1.95. The molecule has 3 rings (SSSR count). The number of fused-ring (bicyclic) bond motifs is 2. The zero-order valence-electron chi connectivity index (χ0n) is 11.5. The lowest BCUT2D eigenvalue weighted by Gasteiger charge is -2.15. The molecular weight excluding hydrogens is 276 g/mol. The van der Waals surface area contributed by atoms with E-state index >= 15 is 0 Å². The molecule has 4 nitrogen and oxygen atoms in total. The van der Waals surface area contributed by atoms with E-state index in [1.54, 1.807) is 12.1 Å². The Bertz CT molecular complexity index is 661. The van der Waals surface area contributed by atoms with Gasteiger partial charge in [-0.2, -0.15) is 8.78 Å². The molecule has 0 amide bonds. The lowest BCUT2D eigenvalue weighted by Crippen LogP contribution is -2.12. The number of aryl methyl sites for hydroxylation is 1. The van der Waals surface area contributed by atoms with E-state index in [-0.39, 0.29) is 5.75 Å². The van der Waals surface area contributed by atoms with E-state index in [9.17, 15) is 8.78 Å². The SMILES string of the molecule is NNc1c2c(nc3ccc(OC(F)F)cc13)CCCCC2. The number of pyridine rings is 1. The van der Waals surface area contributed by atoms with Crippen LogP contribution < -0.4 is 16.0 Å². The average molecular weight is 293 g/mol. The fraction of sp³-hybridized carbons (Fsp3) is 0.400. The Kier molecular flexibility index (Phi) is 3.88. The lowest BCUT2D eigenvalue weighted by molar-refractivity contribution is -0.0497. The molecule has 2 aromatic rings. The van der Waals surface area contributed by atoms with Crippen LogP contribution in [-0.4, -0.2) is 11.6 Å². The fourth-order valence-electron chi connectivity index (χ4n) is 2.92. The molecule has 0 spiro atoms. The quantitative estimate of drug-likeness (QED) is 0.517. The zero-order valence-corrected chi connectivity index (χ0v) is 11.5. The number of nitrogens with one attached hydrogen (secondary N) is 1. The Morgan fingerprint density at radius 2 is 2.00 bits per heavy atom. The Morgan fingerprint density at radius 3 is 2.76 bits per heavy atom. The number of rotatable bonds is 3. The van der Waals surface area contributed by atoms with Crippen LogP contribution in [0.15, 0.2) is 18.2 Å². The lowest BCUT2D eigenvalue weighted by atomic mass is 10.0. The summed E-state index contributed by atoms with van der Waals surface area (Å²) in [5.74, 6) is 5.79. The summed E-state index contributed by atoms with van der Waals surface area (Å²) in [6, 6.07) is 4.76. The van der Waals surface area contributed by atoms with Crippen LogP contribution in [-0.2, 0) is 12.8 Å². The Labute approximate surface area is 121 Å². The van der Waals surface area contributed by atoms with Crippen LogP contribution in [0, 0.1) is 0 Å². The van der Waals surface area contributed by atoms with E-state index < -0.39 is 6.61 Å². The van der Waals surface area contributed by atoms with Gasteiger partial charge in [-0.15, -0.1) is 0 Å². The molecule has 1 aromatic carbocycles. The molecule has 0 fully saturated rings. The number of aromatic nitrogens is 1. The predicted molar refractivity (Wildman–Crippen MR) is 77.4 cm³/mol. The second-order valence-corrected chi connectivity index (χ2v) is 5.17. The summed E-state index contributed by atoms with van der Waals surface area (Å²) in [6.07, 6.45) is 5.19. The van der Waals surface area contributed by atoms with E-state index in [4.69, 9.17) is 5.84 Å². The van der Waals surface area contributed by atoms with Gasteiger partial charge < -0.3 is 10.2 Å². The fourth-order valence-corrected chi connectivity index (χ4v) is 2.92. The first kappa shape index (κ1) is 14.0. The molecule has 1 aromatic heterocycles. The molecular formula is C15H17F2N3O. The molecule has 3 N–H and O–H groups in total. The highest BCUT2D eigenvalue weighted by atomic mass is 19.3. The second-order valence-electron chi connectivity index (χ2n) is 5.17. The Balaban J connectivity index is 2.16. The van der Waals surface area contributed by atoms with Crippen LogP contribution in [0.3, 0.4) is 0 Å². The molecule has 0 saturated carbocycles. The van der Waals surface area contributed by atoms with Gasteiger partial charge in [-0.25, -0.2) is 0 Å². The van der Waals surface area contributed by atoms with Gasteiger partial charge in [0.1, 0.15) is 5.75 Å². The highest BCUT2D eigenvalue weighted by molar-refractivity contribution is 5.94. The van der Waals surface area contributed by atoms with Gasteiger partial charge in [0.2, 0.25) is 0 Å². The number of ether oxygens (including phenoxy) is 1. The monoisotopic (exact) mass is 293 g/mol. The van der Waals surface area contributed by atoms with Gasteiger partial charge in [0, 0.05) is 11.1 Å². The normalized spacial score (nSPS) is 14.9. The van der Waals surface area contributed by atoms with Crippen molar-refractivity contribution < 1.29 is 13.5 Å². The van der Waals surface area contributed by atoms with Crippen molar-refractivity contribution in [3.8, 4) is 5.75 Å². The number of alkyl halides is 2. The summed E-state index contributed by atoms with van der Waals surface area (Å²) >= 11 is 0. The van der Waals surface area contributed by atoms with Crippen molar-refractivity contribution in [2.24, 2.45) is 5.84 Å². The molecule has 112 valence electrons. The van der Waals surface area contributed by atoms with Crippen LogP contribution in [0.25, 0.3) is 10.9 Å². The molecule has 0 atom stereocenters. The summed E-state index contributed by atoms with van der Waals surface area (Å²) in [7, 11) is 0. The maximum atomic E-state index is 12.4. The minimum atomic E-state index is -2.84. The van der Waals surface area contributed by atoms with Gasteiger partial charge >= 0.3 is 6.61 Å². The van der Waals surface area contributed by atoms with Gasteiger partial charge in [0.05, 0.1) is 11.2 Å². The van der Waals surface area contributed by atoms with Gasteiger partial charge in [-0.3, -0.25) is 10.8 Å². The van der Waals surface area contributed by atoms with Crippen LogP contribution in [0.4, 0.5) is 14.5 Å². The molecule has 0 saturated heterocycles. The third-order valence-electron chi connectivity index (χ3n) is 3.85. The van der Waals surface area contributed by atoms with Crippen molar-refractivity contribution in [1.82, 2.24) is 4.98 Å². The average Bonchev–Trinajstić information content (AvgIpc) is 2.69. The number of nitrogen functional groups attached to an aromatic ring is 1. The van der Waals surface area contributed by atoms with Crippen molar-refractivity contribution in [3.05, 3.63) is 29.5 Å². The highest BCUT2D eigenvalue weighted by Gasteiger charge is 2.17. The van der Waals surface area contributed by atoms with Crippen molar-refractivity contribution in [2.75, 3.05) is 5.43 Å². The van der Waals surface area contributed by atoms with Crippen molar-refractivity contribution >= 4 is 16.6 Å². The number of benzene rings is 1.